The highest BCUT2D eigenvalue weighted by molar-refractivity contribution is 7.09. The quantitative estimate of drug-likeness (QED) is 0.761. The third kappa shape index (κ3) is 5.19. The van der Waals surface area contributed by atoms with Gasteiger partial charge in [0.05, 0.1) is 11.6 Å². The molecule has 5 heteroatoms. The molecule has 2 aromatic rings. The fourth-order valence-corrected chi connectivity index (χ4v) is 3.05. The fraction of sp³-hybridized carbons (Fsp3) is 0.438. The molecule has 1 aromatic carbocycles. The Hall–Kier alpha value is -1.30. The van der Waals surface area contributed by atoms with Crippen LogP contribution in [0.5, 0.6) is 0 Å². The van der Waals surface area contributed by atoms with Gasteiger partial charge < -0.3 is 10.1 Å². The van der Waals surface area contributed by atoms with Gasteiger partial charge in [-0.3, -0.25) is 0 Å². The van der Waals surface area contributed by atoms with Crippen molar-refractivity contribution in [2.24, 2.45) is 0 Å². The van der Waals surface area contributed by atoms with Crippen molar-refractivity contribution in [2.75, 3.05) is 26.8 Å². The molecule has 0 bridgehead atoms. The van der Waals surface area contributed by atoms with Crippen LogP contribution in [0.3, 0.4) is 0 Å². The predicted molar refractivity (Wildman–Crippen MR) is 84.4 cm³/mol. The molecular formula is C16H21FN2OS. The highest BCUT2D eigenvalue weighted by Gasteiger charge is 2.14. The molecule has 1 atom stereocenters. The minimum atomic E-state index is -0.199. The van der Waals surface area contributed by atoms with Crippen molar-refractivity contribution in [1.29, 1.82) is 0 Å². The van der Waals surface area contributed by atoms with Gasteiger partial charge in [0.15, 0.2) is 0 Å². The largest absolute Gasteiger partial charge is 0.383 e. The predicted octanol–water partition coefficient (Wildman–Crippen LogP) is 3.15. The van der Waals surface area contributed by atoms with Gasteiger partial charge in [0.2, 0.25) is 0 Å². The number of nitrogens with zero attached hydrogens (tertiary/aromatic N) is 1. The molecule has 0 amide bonds. The van der Waals surface area contributed by atoms with Crippen molar-refractivity contribution < 1.29 is 9.13 Å². The number of benzene rings is 1. The summed E-state index contributed by atoms with van der Waals surface area (Å²) in [6.07, 6.45) is 0.865. The number of thiazole rings is 1. The first-order valence-electron chi connectivity index (χ1n) is 7.05. The average molecular weight is 308 g/mol. The highest BCUT2D eigenvalue weighted by atomic mass is 32.1. The zero-order valence-corrected chi connectivity index (χ0v) is 13.3. The molecule has 0 aliphatic carbocycles. The van der Waals surface area contributed by atoms with E-state index in [1.54, 1.807) is 18.4 Å². The van der Waals surface area contributed by atoms with Crippen LogP contribution in [-0.2, 0) is 11.2 Å². The molecule has 21 heavy (non-hydrogen) atoms. The van der Waals surface area contributed by atoms with Crippen LogP contribution < -0.4 is 5.32 Å². The lowest BCUT2D eigenvalue weighted by Crippen LogP contribution is -2.26. The van der Waals surface area contributed by atoms with Crippen molar-refractivity contribution in [2.45, 2.75) is 19.3 Å². The summed E-state index contributed by atoms with van der Waals surface area (Å²) in [5.41, 5.74) is 2.19. The van der Waals surface area contributed by atoms with Crippen LogP contribution in [0.2, 0.25) is 0 Å². The molecule has 0 radical (unpaired) electrons. The third-order valence-corrected chi connectivity index (χ3v) is 4.29. The van der Waals surface area contributed by atoms with E-state index in [2.05, 4.69) is 15.7 Å². The first-order chi connectivity index (χ1) is 10.2. The molecule has 3 nitrogen and oxygen atoms in total. The van der Waals surface area contributed by atoms with Crippen molar-refractivity contribution in [1.82, 2.24) is 10.3 Å². The van der Waals surface area contributed by atoms with Crippen LogP contribution in [0.4, 0.5) is 4.39 Å². The summed E-state index contributed by atoms with van der Waals surface area (Å²) in [5.74, 6) is 0.0861. The van der Waals surface area contributed by atoms with Gasteiger partial charge in [-0.2, -0.15) is 0 Å². The molecule has 1 N–H and O–H groups in total. The molecule has 0 fully saturated rings. The second-order valence-corrected chi connectivity index (χ2v) is 5.97. The van der Waals surface area contributed by atoms with Gasteiger partial charge in [0.25, 0.3) is 0 Å². The minimum absolute atomic E-state index is 0.199. The van der Waals surface area contributed by atoms with Crippen LogP contribution in [0.25, 0.3) is 0 Å². The lowest BCUT2D eigenvalue weighted by molar-refractivity contribution is 0.199. The number of ether oxygens (including phenoxy) is 1. The average Bonchev–Trinajstić information content (AvgIpc) is 2.88. The van der Waals surface area contributed by atoms with Gasteiger partial charge in [-0.1, -0.05) is 12.1 Å². The Balaban J connectivity index is 2.04. The zero-order valence-electron chi connectivity index (χ0n) is 12.4. The topological polar surface area (TPSA) is 34.1 Å². The number of nitrogens with one attached hydrogen (secondary N) is 1. The molecule has 114 valence electrons. The van der Waals surface area contributed by atoms with E-state index in [0.717, 1.165) is 35.8 Å². The van der Waals surface area contributed by atoms with Crippen LogP contribution in [0.1, 0.15) is 22.2 Å². The fourth-order valence-electron chi connectivity index (χ4n) is 2.20. The van der Waals surface area contributed by atoms with Gasteiger partial charge >= 0.3 is 0 Å². The number of hydrogen-bond acceptors (Lipinski definition) is 4. The van der Waals surface area contributed by atoms with E-state index in [0.29, 0.717) is 6.61 Å². The summed E-state index contributed by atoms with van der Waals surface area (Å²) < 4.78 is 18.1. The van der Waals surface area contributed by atoms with Crippen LogP contribution in [-0.4, -0.2) is 31.8 Å². The smallest absolute Gasteiger partial charge is 0.123 e. The van der Waals surface area contributed by atoms with Crippen LogP contribution in [0, 0.1) is 12.7 Å². The molecule has 0 aliphatic heterocycles. The Kier molecular flexibility index (Phi) is 6.29. The Bertz CT molecular complexity index is 541. The van der Waals surface area contributed by atoms with E-state index in [1.807, 2.05) is 19.1 Å². The van der Waals surface area contributed by atoms with Gasteiger partial charge in [0.1, 0.15) is 5.82 Å². The van der Waals surface area contributed by atoms with Gasteiger partial charge in [-0.05, 0) is 24.6 Å². The van der Waals surface area contributed by atoms with E-state index in [4.69, 9.17) is 4.74 Å². The number of methoxy groups -OCH3 is 1. The Labute approximate surface area is 129 Å². The summed E-state index contributed by atoms with van der Waals surface area (Å²) in [4.78, 5) is 4.53. The van der Waals surface area contributed by atoms with E-state index in [1.165, 1.54) is 12.1 Å². The molecule has 1 heterocycles. The summed E-state index contributed by atoms with van der Waals surface area (Å²) in [6, 6.07) is 6.76. The Morgan fingerprint density at radius 1 is 1.33 bits per heavy atom. The third-order valence-electron chi connectivity index (χ3n) is 3.30. The van der Waals surface area contributed by atoms with Gasteiger partial charge in [-0.25, -0.2) is 9.37 Å². The molecule has 0 spiro atoms. The van der Waals surface area contributed by atoms with Crippen LogP contribution in [0.15, 0.2) is 29.6 Å². The summed E-state index contributed by atoms with van der Waals surface area (Å²) in [6.45, 7) is 4.33. The second kappa shape index (κ2) is 8.22. The molecule has 2 rings (SSSR count). The monoisotopic (exact) mass is 308 g/mol. The minimum Gasteiger partial charge on any atom is -0.383 e. The van der Waals surface area contributed by atoms with Crippen molar-refractivity contribution in [3.8, 4) is 0 Å². The second-order valence-electron chi connectivity index (χ2n) is 5.03. The number of hydrogen-bond donors (Lipinski definition) is 1. The standard InChI is InChI=1S/C16H21FN2OS/c1-12-11-21-16(19-12)9-14(10-18-7-8-20-2)13-3-5-15(17)6-4-13/h3-6,11,14,18H,7-10H2,1-2H3. The summed E-state index contributed by atoms with van der Waals surface area (Å²) >= 11 is 1.68. The zero-order chi connectivity index (χ0) is 15.1. The molecule has 1 unspecified atom stereocenters. The maximum atomic E-state index is 13.1. The van der Waals surface area contributed by atoms with Crippen molar-refractivity contribution >= 4 is 11.3 Å². The Morgan fingerprint density at radius 2 is 2.10 bits per heavy atom. The SMILES string of the molecule is COCCNCC(Cc1nc(C)cs1)c1ccc(F)cc1. The number of rotatable bonds is 8. The van der Waals surface area contributed by atoms with Gasteiger partial charge in [0, 0.05) is 43.6 Å². The van der Waals surface area contributed by atoms with E-state index >= 15 is 0 Å². The summed E-state index contributed by atoms with van der Waals surface area (Å²) in [7, 11) is 1.69. The molecule has 0 aliphatic rings. The van der Waals surface area contributed by atoms with Crippen molar-refractivity contribution in [3.05, 3.63) is 51.7 Å². The number of halogens is 1. The normalized spacial score (nSPS) is 12.5. The van der Waals surface area contributed by atoms with E-state index < -0.39 is 0 Å². The van der Waals surface area contributed by atoms with E-state index in [-0.39, 0.29) is 11.7 Å². The summed E-state index contributed by atoms with van der Waals surface area (Å²) in [5, 5.41) is 6.57. The maximum absolute atomic E-state index is 13.1. The van der Waals surface area contributed by atoms with Crippen LogP contribution >= 0.6 is 11.3 Å². The first kappa shape index (κ1) is 16.1. The highest BCUT2D eigenvalue weighted by Crippen LogP contribution is 2.22. The lowest BCUT2D eigenvalue weighted by atomic mass is 9.96. The van der Waals surface area contributed by atoms with Gasteiger partial charge in [-0.15, -0.1) is 11.3 Å². The maximum Gasteiger partial charge on any atom is 0.123 e. The molecule has 1 aromatic heterocycles. The van der Waals surface area contributed by atoms with Crippen molar-refractivity contribution in [3.63, 3.8) is 0 Å². The first-order valence-corrected chi connectivity index (χ1v) is 7.93. The molecular weight excluding hydrogens is 287 g/mol. The molecule has 0 saturated carbocycles. The number of aryl methyl sites for hydroxylation is 1. The number of aromatic nitrogens is 1. The van der Waals surface area contributed by atoms with E-state index in [9.17, 15) is 4.39 Å². The Morgan fingerprint density at radius 3 is 2.71 bits per heavy atom. The lowest BCUT2D eigenvalue weighted by Gasteiger charge is -2.17. The molecule has 0 saturated heterocycles.